The molecule has 0 aromatic carbocycles. The summed E-state index contributed by atoms with van der Waals surface area (Å²) in [6.07, 6.45) is -8.97. The molecule has 0 aromatic heterocycles. The number of nitrogens with one attached hydrogen (secondary N) is 3. The van der Waals surface area contributed by atoms with Gasteiger partial charge in [0.1, 0.15) is 36.3 Å². The second-order valence-electron chi connectivity index (χ2n) is 10.8. The zero-order chi connectivity index (χ0) is 30.3. The van der Waals surface area contributed by atoms with Gasteiger partial charge in [0.25, 0.3) is 5.91 Å². The molecule has 1 saturated heterocycles. The van der Waals surface area contributed by atoms with Gasteiger partial charge in [-0.3, -0.25) is 4.79 Å². The number of halogens is 1. The van der Waals surface area contributed by atoms with Crippen molar-refractivity contribution in [3.8, 4) is 0 Å². The van der Waals surface area contributed by atoms with Gasteiger partial charge in [0, 0.05) is 25.2 Å². The van der Waals surface area contributed by atoms with Crippen LogP contribution in [-0.4, -0.2) is 140 Å². The van der Waals surface area contributed by atoms with Gasteiger partial charge in [0.15, 0.2) is 12.4 Å². The van der Waals surface area contributed by atoms with Gasteiger partial charge in [-0.25, -0.2) is 4.39 Å². The van der Waals surface area contributed by atoms with Crippen LogP contribution in [0.3, 0.4) is 0 Å². The molecule has 3 aliphatic rings. The molecule has 0 bridgehead atoms. The maximum atomic E-state index is 13.9. The number of aliphatic hydroxyl groups excluding tert-OH is 4. The maximum absolute atomic E-state index is 13.9. The fourth-order valence-corrected chi connectivity index (χ4v) is 5.33. The average Bonchev–Trinajstić information content (AvgIpc) is 2.95. The number of likely N-dealkylation sites (N-methyl/N-ethyl adjacent to an activating group) is 1. The second kappa shape index (κ2) is 15.8. The van der Waals surface area contributed by atoms with E-state index in [-0.39, 0.29) is 31.6 Å². The Bertz CT molecular complexity index is 862. The Balaban J connectivity index is 1.79. The lowest BCUT2D eigenvalue weighted by Crippen LogP contribution is -2.68. The van der Waals surface area contributed by atoms with Gasteiger partial charge in [-0.05, 0) is 31.9 Å². The summed E-state index contributed by atoms with van der Waals surface area (Å²) in [6.45, 7) is 2.21. The van der Waals surface area contributed by atoms with Crippen LogP contribution in [0.1, 0.15) is 19.8 Å². The van der Waals surface area contributed by atoms with E-state index in [1.807, 2.05) is 6.92 Å². The quantitative estimate of drug-likeness (QED) is 0.0903. The number of amides is 1. The number of carbonyl (C=O) groups excluding carboxylic acids is 1. The Morgan fingerprint density at radius 3 is 2.56 bits per heavy atom. The number of hydrogen-bond donors (Lipinski definition) is 10. The smallest absolute Gasteiger partial charge is 0.252 e. The molecule has 0 spiro atoms. The van der Waals surface area contributed by atoms with E-state index in [0.717, 1.165) is 0 Å². The summed E-state index contributed by atoms with van der Waals surface area (Å²) in [5.41, 5.74) is 17.9. The van der Waals surface area contributed by atoms with E-state index in [9.17, 15) is 24.5 Å². The van der Waals surface area contributed by atoms with Crippen LogP contribution in [0.2, 0.25) is 0 Å². The van der Waals surface area contributed by atoms with Gasteiger partial charge >= 0.3 is 0 Å². The Labute approximate surface area is 238 Å². The molecule has 238 valence electrons. The summed E-state index contributed by atoms with van der Waals surface area (Å²) in [5.74, 6) is -0.560. The fraction of sp³-hybridized carbons (Fsp3) is 0.880. The summed E-state index contributed by atoms with van der Waals surface area (Å²) in [7, 11) is 1.69. The lowest BCUT2D eigenvalue weighted by atomic mass is 9.83. The largest absolute Gasteiger partial charge is 0.467 e. The van der Waals surface area contributed by atoms with E-state index in [1.165, 1.54) is 0 Å². The summed E-state index contributed by atoms with van der Waals surface area (Å²) >= 11 is 0. The maximum Gasteiger partial charge on any atom is 0.252 e. The molecule has 13 N–H and O–H groups in total. The predicted octanol–water partition coefficient (Wildman–Crippen LogP) is -4.53. The molecule has 1 amide bonds. The Kier molecular flexibility index (Phi) is 13.1. The minimum Gasteiger partial charge on any atom is -0.467 e. The van der Waals surface area contributed by atoms with E-state index < -0.39 is 79.8 Å². The Morgan fingerprint density at radius 1 is 1.20 bits per heavy atom. The van der Waals surface area contributed by atoms with Crippen molar-refractivity contribution in [1.82, 2.24) is 16.0 Å². The summed E-state index contributed by atoms with van der Waals surface area (Å²) < 4.78 is 37.7. The SMILES string of the molecule is CN[C@@H]1[C@@H](O)[C@@H](O[C@H]2[C@H](NC(=O)C(O)C(F)CN)C[C@H](N)C(O[C@H]3OC(CNCCO)=CC[C@H]3N)[C@@H]2O)OC[C@H]1C. The van der Waals surface area contributed by atoms with E-state index in [1.54, 1.807) is 13.1 Å². The number of aliphatic hydroxyl groups is 4. The van der Waals surface area contributed by atoms with Gasteiger partial charge in [-0.1, -0.05) is 6.92 Å². The second-order valence-corrected chi connectivity index (χ2v) is 10.8. The monoisotopic (exact) mass is 594 g/mol. The molecule has 3 rings (SSSR count). The molecular formula is C25H47FN6O9. The first-order valence-corrected chi connectivity index (χ1v) is 14.0. The number of alkyl halides is 1. The highest BCUT2D eigenvalue weighted by atomic mass is 19.1. The molecule has 2 aliphatic heterocycles. The van der Waals surface area contributed by atoms with E-state index >= 15 is 0 Å². The molecule has 13 atom stereocenters. The van der Waals surface area contributed by atoms with Crippen LogP contribution in [0.5, 0.6) is 0 Å². The molecule has 0 radical (unpaired) electrons. The first-order valence-electron chi connectivity index (χ1n) is 14.0. The van der Waals surface area contributed by atoms with Crippen LogP contribution < -0.4 is 33.2 Å². The summed E-state index contributed by atoms with van der Waals surface area (Å²) in [6, 6.07) is -2.85. The molecule has 16 heteroatoms. The number of carbonyl (C=O) groups is 1. The highest BCUT2D eigenvalue weighted by Gasteiger charge is 2.50. The zero-order valence-corrected chi connectivity index (χ0v) is 23.5. The average molecular weight is 595 g/mol. The van der Waals surface area contributed by atoms with Crippen LogP contribution in [0.4, 0.5) is 4.39 Å². The molecule has 41 heavy (non-hydrogen) atoms. The Hall–Kier alpha value is -1.54. The van der Waals surface area contributed by atoms with Crippen molar-refractivity contribution in [3.63, 3.8) is 0 Å². The fourth-order valence-electron chi connectivity index (χ4n) is 5.33. The number of ether oxygens (including phenoxy) is 4. The van der Waals surface area contributed by atoms with Crippen molar-refractivity contribution >= 4 is 5.91 Å². The summed E-state index contributed by atoms with van der Waals surface area (Å²) in [4.78, 5) is 12.6. The van der Waals surface area contributed by atoms with Crippen LogP contribution in [0.25, 0.3) is 0 Å². The van der Waals surface area contributed by atoms with Gasteiger partial charge in [-0.15, -0.1) is 0 Å². The van der Waals surface area contributed by atoms with Crippen molar-refractivity contribution in [2.45, 2.75) is 93.2 Å². The molecule has 15 nitrogen and oxygen atoms in total. The molecule has 3 unspecified atom stereocenters. The predicted molar refractivity (Wildman–Crippen MR) is 143 cm³/mol. The highest BCUT2D eigenvalue weighted by Crippen LogP contribution is 2.31. The summed E-state index contributed by atoms with van der Waals surface area (Å²) in [5, 5.41) is 50.0. The van der Waals surface area contributed by atoms with Gasteiger partial charge in [-0.2, -0.15) is 0 Å². The van der Waals surface area contributed by atoms with Crippen molar-refractivity contribution in [3.05, 3.63) is 11.8 Å². The topological polar surface area (TPSA) is 249 Å². The molecule has 0 aromatic rings. The lowest BCUT2D eigenvalue weighted by molar-refractivity contribution is -0.287. The van der Waals surface area contributed by atoms with Gasteiger partial charge in [0.2, 0.25) is 6.29 Å². The molecule has 2 fully saturated rings. The molecule has 1 aliphatic carbocycles. The van der Waals surface area contributed by atoms with E-state index in [4.69, 9.17) is 41.3 Å². The minimum atomic E-state index is -2.05. The van der Waals surface area contributed by atoms with Crippen molar-refractivity contribution in [2.75, 3.05) is 39.9 Å². The molecular weight excluding hydrogens is 547 g/mol. The van der Waals surface area contributed by atoms with Crippen LogP contribution in [0.15, 0.2) is 11.8 Å². The Morgan fingerprint density at radius 2 is 1.90 bits per heavy atom. The van der Waals surface area contributed by atoms with Crippen LogP contribution in [0, 0.1) is 5.92 Å². The van der Waals surface area contributed by atoms with Crippen LogP contribution >= 0.6 is 0 Å². The lowest BCUT2D eigenvalue weighted by Gasteiger charge is -2.47. The number of nitrogens with two attached hydrogens (primary N) is 3. The van der Waals surface area contributed by atoms with Crippen molar-refractivity contribution in [1.29, 1.82) is 0 Å². The zero-order valence-electron chi connectivity index (χ0n) is 23.5. The third-order valence-corrected chi connectivity index (χ3v) is 7.70. The molecule has 2 heterocycles. The van der Waals surface area contributed by atoms with E-state index in [0.29, 0.717) is 25.3 Å². The van der Waals surface area contributed by atoms with Crippen molar-refractivity contribution in [2.24, 2.45) is 23.1 Å². The number of hydrogen-bond acceptors (Lipinski definition) is 14. The third-order valence-electron chi connectivity index (χ3n) is 7.70. The standard InChI is InChI=1S/C25H47FN6O9/c1-11-10-38-25(19(35)17(11)30-2)41-22-16(32-23(37)18(34)13(26)8-27)7-15(29)21(20(22)36)40-24-14(28)4-3-12(39-24)9-31-5-6-33/h3,11,13-22,24-25,30-31,33-36H,4-10,27-29H2,1-2H3,(H,32,37)/t11-,13?,14-,15+,16-,17+,18?,19-,20+,21?,22+,24-,25-/m1/s1. The number of rotatable bonds is 13. The molecule has 1 saturated carbocycles. The normalized spacial score (nSPS) is 39.4. The van der Waals surface area contributed by atoms with E-state index in [2.05, 4.69) is 16.0 Å². The third kappa shape index (κ3) is 8.52. The first-order chi connectivity index (χ1) is 19.5. The van der Waals surface area contributed by atoms with Crippen molar-refractivity contribution < 1.29 is 48.6 Å². The van der Waals surface area contributed by atoms with Gasteiger partial charge in [0.05, 0.1) is 31.8 Å². The highest BCUT2D eigenvalue weighted by molar-refractivity contribution is 5.81. The van der Waals surface area contributed by atoms with Crippen LogP contribution in [-0.2, 0) is 23.7 Å². The first kappa shape index (κ1) is 34.0. The minimum absolute atomic E-state index is 0.0121. The van der Waals surface area contributed by atoms with Gasteiger partial charge < -0.3 is 72.5 Å².